The number of nitrogens with one attached hydrogen (secondary N) is 2. The van der Waals surface area contributed by atoms with Gasteiger partial charge in [-0.15, -0.1) is 0 Å². The van der Waals surface area contributed by atoms with Gasteiger partial charge in [0.2, 0.25) is 0 Å². The Labute approximate surface area is 96.1 Å². The van der Waals surface area contributed by atoms with Crippen molar-refractivity contribution in [2.24, 2.45) is 7.05 Å². The summed E-state index contributed by atoms with van der Waals surface area (Å²) in [6.45, 7) is 3.46. The summed E-state index contributed by atoms with van der Waals surface area (Å²) in [6.07, 6.45) is 0. The standard InChI is InChI=1S/C10H14N4O3/c1-10(2,4-15)8-11-5-6(12-8)14(3)9(17)13-7(5)16/h15H,4H2,1-3H3,(H,11,12)(H,13,16,17). The molecule has 2 aromatic rings. The highest BCUT2D eigenvalue weighted by Crippen LogP contribution is 2.20. The number of rotatable bonds is 2. The van der Waals surface area contributed by atoms with E-state index in [-0.39, 0.29) is 17.8 Å². The smallest absolute Gasteiger partial charge is 0.329 e. The Bertz CT molecular complexity index is 677. The van der Waals surface area contributed by atoms with Gasteiger partial charge in [-0.1, -0.05) is 13.8 Å². The van der Waals surface area contributed by atoms with Gasteiger partial charge in [0.1, 0.15) is 11.3 Å². The predicted octanol–water partition coefficient (Wildman–Crippen LogP) is -0.780. The third-order valence-electron chi connectivity index (χ3n) is 2.79. The van der Waals surface area contributed by atoms with Gasteiger partial charge in [0, 0.05) is 12.5 Å². The van der Waals surface area contributed by atoms with Crippen LogP contribution in [-0.4, -0.2) is 31.2 Å². The summed E-state index contributed by atoms with van der Waals surface area (Å²) >= 11 is 0. The molecule has 0 unspecified atom stereocenters. The second kappa shape index (κ2) is 3.56. The summed E-state index contributed by atoms with van der Waals surface area (Å²) in [6, 6.07) is 0. The van der Waals surface area contributed by atoms with Gasteiger partial charge in [0.15, 0.2) is 5.65 Å². The normalized spacial score (nSPS) is 12.2. The largest absolute Gasteiger partial charge is 0.395 e. The van der Waals surface area contributed by atoms with E-state index in [4.69, 9.17) is 0 Å². The third-order valence-corrected chi connectivity index (χ3v) is 2.79. The molecule has 92 valence electrons. The van der Waals surface area contributed by atoms with Gasteiger partial charge in [-0.05, 0) is 0 Å². The molecule has 2 heterocycles. The van der Waals surface area contributed by atoms with Gasteiger partial charge in [-0.2, -0.15) is 0 Å². The maximum absolute atomic E-state index is 11.6. The number of nitrogens with zero attached hydrogens (tertiary/aromatic N) is 2. The van der Waals surface area contributed by atoms with E-state index in [0.29, 0.717) is 5.82 Å². The van der Waals surface area contributed by atoms with Crippen molar-refractivity contribution in [2.45, 2.75) is 19.3 Å². The zero-order chi connectivity index (χ0) is 12.8. The molecule has 0 fully saturated rings. The van der Waals surface area contributed by atoms with Crippen LogP contribution in [0.25, 0.3) is 11.2 Å². The zero-order valence-electron chi connectivity index (χ0n) is 9.87. The molecule has 0 bridgehead atoms. The number of hydrogen-bond acceptors (Lipinski definition) is 4. The Morgan fingerprint density at radius 3 is 2.59 bits per heavy atom. The molecule has 3 N–H and O–H groups in total. The van der Waals surface area contributed by atoms with Crippen molar-refractivity contribution in [3.8, 4) is 0 Å². The number of aromatic amines is 2. The zero-order valence-corrected chi connectivity index (χ0v) is 9.87. The number of H-pyrrole nitrogens is 2. The molecule has 0 spiro atoms. The van der Waals surface area contributed by atoms with Gasteiger partial charge >= 0.3 is 5.69 Å². The lowest BCUT2D eigenvalue weighted by Gasteiger charge is -2.17. The van der Waals surface area contributed by atoms with Crippen LogP contribution in [0.4, 0.5) is 0 Å². The molecule has 0 saturated carbocycles. The van der Waals surface area contributed by atoms with Gasteiger partial charge < -0.3 is 10.1 Å². The van der Waals surface area contributed by atoms with Crippen molar-refractivity contribution in [3.05, 3.63) is 26.7 Å². The van der Waals surface area contributed by atoms with Crippen molar-refractivity contribution in [1.82, 2.24) is 19.5 Å². The van der Waals surface area contributed by atoms with Gasteiger partial charge in [-0.25, -0.2) is 9.78 Å². The topological polar surface area (TPSA) is 104 Å². The highest BCUT2D eigenvalue weighted by Gasteiger charge is 2.25. The molecule has 2 rings (SSSR count). The summed E-state index contributed by atoms with van der Waals surface area (Å²) < 4.78 is 1.25. The van der Waals surface area contributed by atoms with E-state index in [0.717, 1.165) is 0 Å². The molecule has 0 amide bonds. The Hall–Kier alpha value is -1.89. The molecule has 2 aromatic heterocycles. The van der Waals surface area contributed by atoms with Crippen LogP contribution in [0, 0.1) is 0 Å². The minimum Gasteiger partial charge on any atom is -0.395 e. The fourth-order valence-electron chi connectivity index (χ4n) is 1.50. The first-order valence-corrected chi connectivity index (χ1v) is 5.17. The molecule has 0 radical (unpaired) electrons. The summed E-state index contributed by atoms with van der Waals surface area (Å²) in [7, 11) is 1.52. The number of fused-ring (bicyclic) bond motifs is 1. The number of aromatic nitrogens is 4. The van der Waals surface area contributed by atoms with Crippen LogP contribution in [0.15, 0.2) is 9.59 Å². The van der Waals surface area contributed by atoms with E-state index in [2.05, 4.69) is 15.0 Å². The lowest BCUT2D eigenvalue weighted by atomic mass is 9.94. The number of aryl methyl sites for hydroxylation is 1. The van der Waals surface area contributed by atoms with E-state index in [1.165, 1.54) is 11.6 Å². The second-order valence-electron chi connectivity index (χ2n) is 4.64. The maximum atomic E-state index is 11.6. The van der Waals surface area contributed by atoms with Crippen LogP contribution < -0.4 is 11.2 Å². The first-order chi connectivity index (χ1) is 7.86. The predicted molar refractivity (Wildman–Crippen MR) is 62.1 cm³/mol. The van der Waals surface area contributed by atoms with Crippen LogP contribution in [0.2, 0.25) is 0 Å². The SMILES string of the molecule is Cn1c(=O)[nH]c(=O)c2[nH]c(C(C)(C)CO)nc21. The van der Waals surface area contributed by atoms with Crippen molar-refractivity contribution in [3.63, 3.8) is 0 Å². The third kappa shape index (κ3) is 1.68. The average Bonchev–Trinajstić information content (AvgIpc) is 2.72. The van der Waals surface area contributed by atoms with Gasteiger partial charge in [-0.3, -0.25) is 14.3 Å². The summed E-state index contributed by atoms with van der Waals surface area (Å²) in [5.41, 5.74) is -1.08. The number of aliphatic hydroxyl groups excluding tert-OH is 1. The van der Waals surface area contributed by atoms with Crippen molar-refractivity contribution < 1.29 is 5.11 Å². The van der Waals surface area contributed by atoms with E-state index in [1.54, 1.807) is 13.8 Å². The maximum Gasteiger partial charge on any atom is 0.329 e. The molecule has 17 heavy (non-hydrogen) atoms. The molecule has 0 aliphatic rings. The minimum atomic E-state index is -0.596. The molecule has 7 nitrogen and oxygen atoms in total. The van der Waals surface area contributed by atoms with Crippen molar-refractivity contribution in [2.75, 3.05) is 6.61 Å². The lowest BCUT2D eigenvalue weighted by Crippen LogP contribution is -2.28. The molecule has 0 atom stereocenters. The minimum absolute atomic E-state index is 0.112. The highest BCUT2D eigenvalue weighted by atomic mass is 16.3. The Kier molecular flexibility index (Phi) is 2.43. The van der Waals surface area contributed by atoms with E-state index in [1.807, 2.05) is 0 Å². The fourth-order valence-corrected chi connectivity index (χ4v) is 1.50. The Morgan fingerprint density at radius 1 is 1.35 bits per heavy atom. The van der Waals surface area contributed by atoms with Crippen molar-refractivity contribution >= 4 is 11.2 Å². The number of hydrogen-bond donors (Lipinski definition) is 3. The second-order valence-corrected chi connectivity index (χ2v) is 4.64. The Balaban J connectivity index is 2.83. The monoisotopic (exact) mass is 238 g/mol. The lowest BCUT2D eigenvalue weighted by molar-refractivity contribution is 0.212. The van der Waals surface area contributed by atoms with Crippen molar-refractivity contribution in [1.29, 1.82) is 0 Å². The van der Waals surface area contributed by atoms with E-state index in [9.17, 15) is 14.7 Å². The molecule has 7 heteroatoms. The van der Waals surface area contributed by atoms with E-state index < -0.39 is 16.7 Å². The summed E-state index contributed by atoms with van der Waals surface area (Å²) in [4.78, 5) is 32.2. The Morgan fingerprint density at radius 2 is 2.00 bits per heavy atom. The molecular weight excluding hydrogens is 224 g/mol. The molecule has 0 saturated heterocycles. The van der Waals surface area contributed by atoms with Crippen LogP contribution in [-0.2, 0) is 12.5 Å². The first-order valence-electron chi connectivity index (χ1n) is 5.17. The molecule has 0 aliphatic carbocycles. The summed E-state index contributed by atoms with van der Waals surface area (Å²) in [5, 5.41) is 9.25. The number of imidazole rings is 1. The van der Waals surface area contributed by atoms with Crippen LogP contribution in [0.1, 0.15) is 19.7 Å². The van der Waals surface area contributed by atoms with Crippen LogP contribution >= 0.6 is 0 Å². The highest BCUT2D eigenvalue weighted by molar-refractivity contribution is 5.69. The van der Waals surface area contributed by atoms with Gasteiger partial charge in [0.05, 0.1) is 6.61 Å². The summed E-state index contributed by atoms with van der Waals surface area (Å²) in [5.74, 6) is 0.474. The number of aliphatic hydroxyl groups is 1. The fraction of sp³-hybridized carbons (Fsp3) is 0.500. The average molecular weight is 238 g/mol. The quantitative estimate of drug-likeness (QED) is 0.638. The molecule has 0 aromatic carbocycles. The molecule has 0 aliphatic heterocycles. The van der Waals surface area contributed by atoms with Gasteiger partial charge in [0.25, 0.3) is 5.56 Å². The van der Waals surface area contributed by atoms with E-state index >= 15 is 0 Å². The molecular formula is C10H14N4O3. The van der Waals surface area contributed by atoms with Crippen LogP contribution in [0.3, 0.4) is 0 Å². The van der Waals surface area contributed by atoms with Crippen LogP contribution in [0.5, 0.6) is 0 Å². The first kappa shape index (κ1) is 11.6.